The van der Waals surface area contributed by atoms with Gasteiger partial charge in [-0.25, -0.2) is 0 Å². The number of aliphatic hydroxyl groups excluding tert-OH is 2. The van der Waals surface area contributed by atoms with Crippen molar-refractivity contribution in [3.8, 4) is 0 Å². The summed E-state index contributed by atoms with van der Waals surface area (Å²) in [7, 11) is 4.06. The molecule has 0 radical (unpaired) electrons. The van der Waals surface area contributed by atoms with Crippen molar-refractivity contribution >= 4 is 0 Å². The van der Waals surface area contributed by atoms with Gasteiger partial charge < -0.3 is 20.0 Å². The first-order valence-corrected chi connectivity index (χ1v) is 7.57. The minimum Gasteiger partial charge on any atom is -0.391 e. The van der Waals surface area contributed by atoms with E-state index in [-0.39, 0.29) is 23.0 Å². The van der Waals surface area contributed by atoms with Crippen LogP contribution in [0.15, 0.2) is 0 Å². The van der Waals surface area contributed by atoms with Crippen LogP contribution in [0.5, 0.6) is 0 Å². The lowest BCUT2D eigenvalue weighted by molar-refractivity contribution is 0.0227. The molecule has 122 valence electrons. The number of hydrogen-bond donors (Lipinski definition) is 2. The van der Waals surface area contributed by atoms with E-state index in [4.69, 9.17) is 0 Å². The maximum absolute atomic E-state index is 10.1. The zero-order chi connectivity index (χ0) is 16.1. The summed E-state index contributed by atoms with van der Waals surface area (Å²) in [5.74, 6) is 0. The maximum atomic E-state index is 10.1. The molecule has 0 aliphatic carbocycles. The summed E-state index contributed by atoms with van der Waals surface area (Å²) >= 11 is 0. The van der Waals surface area contributed by atoms with E-state index in [0.29, 0.717) is 13.1 Å². The summed E-state index contributed by atoms with van der Waals surface area (Å²) in [4.78, 5) is 4.30. The summed E-state index contributed by atoms with van der Waals surface area (Å²) in [6, 6.07) is 0. The van der Waals surface area contributed by atoms with Crippen molar-refractivity contribution in [2.75, 3.05) is 40.3 Å². The van der Waals surface area contributed by atoms with Crippen molar-refractivity contribution in [3.05, 3.63) is 0 Å². The van der Waals surface area contributed by atoms with Gasteiger partial charge in [0.15, 0.2) is 0 Å². The second-order valence-electron chi connectivity index (χ2n) is 8.29. The third-order valence-electron chi connectivity index (χ3n) is 3.83. The quantitative estimate of drug-likeness (QED) is 0.748. The van der Waals surface area contributed by atoms with Crippen LogP contribution in [0.2, 0.25) is 0 Å². The van der Waals surface area contributed by atoms with Crippen LogP contribution in [0.4, 0.5) is 0 Å². The average Bonchev–Trinajstić information content (AvgIpc) is 2.23. The molecule has 0 aliphatic rings. The van der Waals surface area contributed by atoms with Gasteiger partial charge >= 0.3 is 0 Å². The fourth-order valence-electron chi connectivity index (χ4n) is 1.66. The molecule has 4 nitrogen and oxygen atoms in total. The first-order valence-electron chi connectivity index (χ1n) is 7.57. The van der Waals surface area contributed by atoms with E-state index in [2.05, 4.69) is 51.3 Å². The molecule has 0 rings (SSSR count). The van der Waals surface area contributed by atoms with Crippen molar-refractivity contribution < 1.29 is 10.2 Å². The zero-order valence-electron chi connectivity index (χ0n) is 14.8. The Balaban J connectivity index is 4.04. The van der Waals surface area contributed by atoms with Gasteiger partial charge in [-0.2, -0.15) is 0 Å². The van der Waals surface area contributed by atoms with Crippen LogP contribution in [0.3, 0.4) is 0 Å². The predicted octanol–water partition coefficient (Wildman–Crippen LogP) is 1.66. The van der Waals surface area contributed by atoms with Crippen molar-refractivity contribution in [1.29, 1.82) is 0 Å². The summed E-state index contributed by atoms with van der Waals surface area (Å²) in [6.45, 7) is 15.5. The van der Waals surface area contributed by atoms with Gasteiger partial charge in [0, 0.05) is 26.2 Å². The molecule has 0 saturated heterocycles. The van der Waals surface area contributed by atoms with E-state index in [1.165, 1.54) is 0 Å². The molecule has 0 aliphatic heterocycles. The number of hydrogen-bond acceptors (Lipinski definition) is 4. The Bertz CT molecular complexity index is 241. The Morgan fingerprint density at radius 3 is 1.15 bits per heavy atom. The highest BCUT2D eigenvalue weighted by molar-refractivity contribution is 4.77. The fraction of sp³-hybridized carbons (Fsp3) is 1.00. The molecular weight excluding hydrogens is 252 g/mol. The highest BCUT2D eigenvalue weighted by Gasteiger charge is 2.24. The molecule has 0 unspecified atom stereocenters. The summed E-state index contributed by atoms with van der Waals surface area (Å²) in [5, 5.41) is 20.2. The molecule has 0 saturated carbocycles. The van der Waals surface area contributed by atoms with Gasteiger partial charge in [-0.05, 0) is 24.9 Å². The molecule has 4 heteroatoms. The minimum absolute atomic E-state index is 0.0808. The monoisotopic (exact) mass is 288 g/mol. The Kier molecular flexibility index (Phi) is 7.67. The molecule has 0 aromatic rings. The lowest BCUT2D eigenvalue weighted by Gasteiger charge is -2.32. The lowest BCUT2D eigenvalue weighted by atomic mass is 9.89. The van der Waals surface area contributed by atoms with Crippen LogP contribution in [0.1, 0.15) is 41.5 Å². The smallest absolute Gasteiger partial charge is 0.0715 e. The Labute approximate surface area is 125 Å². The third kappa shape index (κ3) is 8.20. The molecule has 20 heavy (non-hydrogen) atoms. The molecule has 0 fully saturated rings. The van der Waals surface area contributed by atoms with Crippen molar-refractivity contribution in [1.82, 2.24) is 9.80 Å². The van der Waals surface area contributed by atoms with E-state index in [1.54, 1.807) is 0 Å². The Hall–Kier alpha value is -0.160. The number of nitrogens with zero attached hydrogens (tertiary/aromatic N) is 2. The number of aliphatic hydroxyl groups is 2. The highest BCUT2D eigenvalue weighted by Crippen LogP contribution is 2.20. The number of likely N-dealkylation sites (N-methyl/N-ethyl adjacent to an activating group) is 2. The van der Waals surface area contributed by atoms with Crippen LogP contribution < -0.4 is 0 Å². The van der Waals surface area contributed by atoms with Crippen LogP contribution >= 0.6 is 0 Å². The predicted molar refractivity (Wildman–Crippen MR) is 85.9 cm³/mol. The van der Waals surface area contributed by atoms with Crippen LogP contribution in [0, 0.1) is 10.8 Å². The summed E-state index contributed by atoms with van der Waals surface area (Å²) in [6.07, 6.45) is -0.643. The van der Waals surface area contributed by atoms with E-state index in [1.807, 2.05) is 14.1 Å². The number of rotatable bonds is 7. The zero-order valence-corrected chi connectivity index (χ0v) is 14.8. The topological polar surface area (TPSA) is 46.9 Å². The molecular formula is C16H36N2O2. The molecule has 0 aromatic heterocycles. The van der Waals surface area contributed by atoms with Crippen molar-refractivity contribution in [2.24, 2.45) is 10.8 Å². The van der Waals surface area contributed by atoms with Crippen molar-refractivity contribution in [3.63, 3.8) is 0 Å². The van der Waals surface area contributed by atoms with Crippen LogP contribution in [-0.4, -0.2) is 72.5 Å². The molecule has 0 aromatic carbocycles. The van der Waals surface area contributed by atoms with E-state index in [0.717, 1.165) is 13.1 Å². The van der Waals surface area contributed by atoms with E-state index >= 15 is 0 Å². The van der Waals surface area contributed by atoms with Gasteiger partial charge in [-0.1, -0.05) is 41.5 Å². The largest absolute Gasteiger partial charge is 0.391 e. The average molecular weight is 288 g/mol. The summed E-state index contributed by atoms with van der Waals surface area (Å²) in [5.41, 5.74) is -0.162. The molecule has 2 N–H and O–H groups in total. The van der Waals surface area contributed by atoms with Gasteiger partial charge in [-0.3, -0.25) is 0 Å². The van der Waals surface area contributed by atoms with Gasteiger partial charge in [0.1, 0.15) is 0 Å². The van der Waals surface area contributed by atoms with Gasteiger partial charge in [-0.15, -0.1) is 0 Å². The Morgan fingerprint density at radius 1 is 0.700 bits per heavy atom. The normalized spacial score (nSPS) is 16.8. The molecule has 0 bridgehead atoms. The second-order valence-corrected chi connectivity index (χ2v) is 8.29. The fourth-order valence-corrected chi connectivity index (χ4v) is 1.66. The first-order chi connectivity index (χ1) is 8.84. The minimum atomic E-state index is -0.321. The molecule has 0 heterocycles. The SMILES string of the molecule is CN(CCN(C)C[C@H](O)C(C)(C)C)C[C@@H](O)C(C)(C)C. The lowest BCUT2D eigenvalue weighted by Crippen LogP contribution is -2.43. The summed E-state index contributed by atoms with van der Waals surface area (Å²) < 4.78 is 0. The van der Waals surface area contributed by atoms with Crippen LogP contribution in [0.25, 0.3) is 0 Å². The standard InChI is InChI=1S/C16H36N2O2/c1-15(2,3)13(19)11-17(7)9-10-18(8)12-14(20)16(4,5)6/h13-14,19-20H,9-12H2,1-8H3/t13-,14+. The maximum Gasteiger partial charge on any atom is 0.0715 e. The van der Waals surface area contributed by atoms with Crippen LogP contribution in [-0.2, 0) is 0 Å². The molecule has 0 spiro atoms. The Morgan fingerprint density at radius 2 is 0.950 bits per heavy atom. The first kappa shape index (κ1) is 19.8. The van der Waals surface area contributed by atoms with E-state index in [9.17, 15) is 10.2 Å². The molecule has 2 atom stereocenters. The van der Waals surface area contributed by atoms with Gasteiger partial charge in [0.2, 0.25) is 0 Å². The van der Waals surface area contributed by atoms with E-state index < -0.39 is 0 Å². The van der Waals surface area contributed by atoms with Gasteiger partial charge in [0.05, 0.1) is 12.2 Å². The van der Waals surface area contributed by atoms with Gasteiger partial charge in [0.25, 0.3) is 0 Å². The second kappa shape index (κ2) is 7.74. The molecule has 0 amide bonds. The third-order valence-corrected chi connectivity index (χ3v) is 3.83. The van der Waals surface area contributed by atoms with Crippen molar-refractivity contribution in [2.45, 2.75) is 53.8 Å². The highest BCUT2D eigenvalue weighted by atomic mass is 16.3.